The molecule has 0 spiro atoms. The van der Waals surface area contributed by atoms with Crippen LogP contribution in [0.2, 0.25) is 0 Å². The van der Waals surface area contributed by atoms with Gasteiger partial charge in [0.15, 0.2) is 24.7 Å². The summed E-state index contributed by atoms with van der Waals surface area (Å²) in [6, 6.07) is 20.7. The number of carbonyl (C=O) groups is 2. The molecule has 29 heavy (non-hydrogen) atoms. The first kappa shape index (κ1) is 20.2. The molecule has 0 heterocycles. The second-order valence-corrected chi connectivity index (χ2v) is 6.46. The molecule has 6 nitrogen and oxygen atoms in total. The van der Waals surface area contributed by atoms with Crippen LogP contribution >= 0.6 is 0 Å². The molecule has 3 rings (SSSR count). The van der Waals surface area contributed by atoms with E-state index in [0.717, 1.165) is 16.3 Å². The van der Waals surface area contributed by atoms with Crippen molar-refractivity contribution in [3.05, 3.63) is 72.3 Å². The summed E-state index contributed by atoms with van der Waals surface area (Å²) in [4.78, 5) is 24.1. The predicted molar refractivity (Wildman–Crippen MR) is 110 cm³/mol. The van der Waals surface area contributed by atoms with E-state index in [2.05, 4.69) is 5.32 Å². The van der Waals surface area contributed by atoms with Crippen LogP contribution in [0.5, 0.6) is 11.5 Å². The first-order chi connectivity index (χ1) is 14.1. The molecule has 0 radical (unpaired) electrons. The SMILES string of the molecule is COc1ccccc1OCC(=O)OCC(=O)N[C@@H](C)c1cccc2ccccc12. The van der Waals surface area contributed by atoms with Crippen LogP contribution in [-0.4, -0.2) is 32.2 Å². The summed E-state index contributed by atoms with van der Waals surface area (Å²) >= 11 is 0. The molecule has 3 aromatic carbocycles. The molecule has 1 amide bonds. The number of fused-ring (bicyclic) bond motifs is 1. The Morgan fingerprint density at radius 1 is 0.897 bits per heavy atom. The monoisotopic (exact) mass is 393 g/mol. The van der Waals surface area contributed by atoms with Gasteiger partial charge in [0, 0.05) is 0 Å². The minimum Gasteiger partial charge on any atom is -0.493 e. The maximum atomic E-state index is 12.2. The number of methoxy groups -OCH3 is 1. The largest absolute Gasteiger partial charge is 0.493 e. The molecule has 0 aliphatic rings. The number of benzene rings is 3. The van der Waals surface area contributed by atoms with Crippen LogP contribution in [0.4, 0.5) is 0 Å². The molecule has 0 saturated heterocycles. The maximum absolute atomic E-state index is 12.2. The van der Waals surface area contributed by atoms with Crippen LogP contribution in [0, 0.1) is 0 Å². The average molecular weight is 393 g/mol. The number of ether oxygens (including phenoxy) is 3. The Morgan fingerprint density at radius 3 is 2.38 bits per heavy atom. The van der Waals surface area contributed by atoms with Crippen molar-refractivity contribution in [2.24, 2.45) is 0 Å². The first-order valence-electron chi connectivity index (χ1n) is 9.27. The van der Waals surface area contributed by atoms with Crippen LogP contribution in [0.3, 0.4) is 0 Å². The highest BCUT2D eigenvalue weighted by Crippen LogP contribution is 2.26. The minimum atomic E-state index is -0.635. The number of nitrogens with one attached hydrogen (secondary N) is 1. The van der Waals surface area contributed by atoms with E-state index in [-0.39, 0.29) is 25.2 Å². The summed E-state index contributed by atoms with van der Waals surface area (Å²) in [6.07, 6.45) is 0. The van der Waals surface area contributed by atoms with Gasteiger partial charge < -0.3 is 19.5 Å². The van der Waals surface area contributed by atoms with Crippen LogP contribution < -0.4 is 14.8 Å². The number of amides is 1. The highest BCUT2D eigenvalue weighted by Gasteiger charge is 2.14. The normalized spacial score (nSPS) is 11.5. The fourth-order valence-corrected chi connectivity index (χ4v) is 3.05. The summed E-state index contributed by atoms with van der Waals surface area (Å²) < 4.78 is 15.5. The van der Waals surface area contributed by atoms with Crippen LogP contribution in [0.1, 0.15) is 18.5 Å². The fraction of sp³-hybridized carbons (Fsp3) is 0.217. The second kappa shape index (κ2) is 9.59. The van der Waals surface area contributed by atoms with Crippen LogP contribution in [-0.2, 0) is 14.3 Å². The number of rotatable bonds is 8. The molecule has 0 aliphatic heterocycles. The number of carbonyl (C=O) groups excluding carboxylic acids is 2. The molecular formula is C23H23NO5. The minimum absolute atomic E-state index is 0.225. The van der Waals surface area contributed by atoms with E-state index in [1.165, 1.54) is 7.11 Å². The molecule has 1 N–H and O–H groups in total. The van der Waals surface area contributed by atoms with E-state index in [1.54, 1.807) is 24.3 Å². The molecule has 0 aliphatic carbocycles. The van der Waals surface area contributed by atoms with E-state index >= 15 is 0 Å². The van der Waals surface area contributed by atoms with Crippen molar-refractivity contribution in [1.82, 2.24) is 5.32 Å². The summed E-state index contributed by atoms with van der Waals surface area (Å²) in [5.41, 5.74) is 1.00. The Labute approximate surface area is 169 Å². The first-order valence-corrected chi connectivity index (χ1v) is 9.27. The standard InChI is InChI=1S/C23H23NO5/c1-16(18-11-7-9-17-8-3-4-10-19(17)18)24-22(25)14-29-23(26)15-28-21-13-6-5-12-20(21)27-2/h3-13,16H,14-15H2,1-2H3,(H,24,25)/t16-/m0/s1. The molecule has 0 saturated carbocycles. The lowest BCUT2D eigenvalue weighted by atomic mass is 10.00. The Bertz CT molecular complexity index is 996. The third kappa shape index (κ3) is 5.25. The van der Waals surface area contributed by atoms with E-state index in [1.807, 2.05) is 49.4 Å². The zero-order valence-electron chi connectivity index (χ0n) is 16.4. The Hall–Kier alpha value is -3.54. The summed E-state index contributed by atoms with van der Waals surface area (Å²) in [5, 5.41) is 5.04. The molecule has 150 valence electrons. The molecular weight excluding hydrogens is 370 g/mol. The number of hydrogen-bond donors (Lipinski definition) is 1. The van der Waals surface area contributed by atoms with Crippen LogP contribution in [0.25, 0.3) is 10.8 Å². The lowest BCUT2D eigenvalue weighted by Crippen LogP contribution is -2.32. The number of para-hydroxylation sites is 2. The fourth-order valence-electron chi connectivity index (χ4n) is 3.05. The van der Waals surface area contributed by atoms with Crippen molar-refractivity contribution >= 4 is 22.6 Å². The van der Waals surface area contributed by atoms with Gasteiger partial charge in [-0.2, -0.15) is 0 Å². The molecule has 6 heteroatoms. The Balaban J connectivity index is 1.49. The van der Waals surface area contributed by atoms with Gasteiger partial charge in [-0.1, -0.05) is 54.6 Å². The van der Waals surface area contributed by atoms with Gasteiger partial charge in [0.25, 0.3) is 5.91 Å². The van der Waals surface area contributed by atoms with Crippen molar-refractivity contribution in [2.45, 2.75) is 13.0 Å². The molecule has 0 aromatic heterocycles. The molecule has 3 aromatic rings. The van der Waals surface area contributed by atoms with E-state index in [4.69, 9.17) is 14.2 Å². The highest BCUT2D eigenvalue weighted by atomic mass is 16.6. The zero-order valence-corrected chi connectivity index (χ0v) is 16.4. The van der Waals surface area contributed by atoms with Gasteiger partial charge in [-0.05, 0) is 35.4 Å². The van der Waals surface area contributed by atoms with E-state index < -0.39 is 5.97 Å². The van der Waals surface area contributed by atoms with E-state index in [0.29, 0.717) is 11.5 Å². The van der Waals surface area contributed by atoms with Crippen molar-refractivity contribution < 1.29 is 23.8 Å². The third-order valence-electron chi connectivity index (χ3n) is 4.45. The van der Waals surface area contributed by atoms with Gasteiger partial charge in [0.2, 0.25) is 0 Å². The summed E-state index contributed by atoms with van der Waals surface area (Å²) in [6.45, 7) is 1.21. The van der Waals surface area contributed by atoms with Crippen molar-refractivity contribution in [1.29, 1.82) is 0 Å². The predicted octanol–water partition coefficient (Wildman–Crippen LogP) is 3.65. The van der Waals surface area contributed by atoms with Gasteiger partial charge in [-0.15, -0.1) is 0 Å². The Kier molecular flexibility index (Phi) is 6.68. The number of esters is 1. The van der Waals surface area contributed by atoms with Gasteiger partial charge in [0.1, 0.15) is 0 Å². The Morgan fingerprint density at radius 2 is 1.59 bits per heavy atom. The van der Waals surface area contributed by atoms with Gasteiger partial charge in [-0.3, -0.25) is 4.79 Å². The lowest BCUT2D eigenvalue weighted by Gasteiger charge is -2.17. The smallest absolute Gasteiger partial charge is 0.344 e. The summed E-state index contributed by atoms with van der Waals surface area (Å²) in [7, 11) is 1.52. The van der Waals surface area contributed by atoms with Crippen LogP contribution in [0.15, 0.2) is 66.7 Å². The quantitative estimate of drug-likeness (QED) is 0.592. The van der Waals surface area contributed by atoms with Crippen molar-refractivity contribution in [3.8, 4) is 11.5 Å². The molecule has 0 bridgehead atoms. The number of hydrogen-bond acceptors (Lipinski definition) is 5. The second-order valence-electron chi connectivity index (χ2n) is 6.46. The third-order valence-corrected chi connectivity index (χ3v) is 4.45. The van der Waals surface area contributed by atoms with Crippen molar-refractivity contribution in [3.63, 3.8) is 0 Å². The topological polar surface area (TPSA) is 73.9 Å². The average Bonchev–Trinajstić information content (AvgIpc) is 2.76. The molecule has 1 atom stereocenters. The molecule has 0 unspecified atom stereocenters. The molecule has 0 fully saturated rings. The maximum Gasteiger partial charge on any atom is 0.344 e. The van der Waals surface area contributed by atoms with E-state index in [9.17, 15) is 9.59 Å². The lowest BCUT2D eigenvalue weighted by molar-refractivity contribution is -0.150. The van der Waals surface area contributed by atoms with Gasteiger partial charge >= 0.3 is 5.97 Å². The zero-order chi connectivity index (χ0) is 20.6. The van der Waals surface area contributed by atoms with Crippen molar-refractivity contribution in [2.75, 3.05) is 20.3 Å². The summed E-state index contributed by atoms with van der Waals surface area (Å²) in [5.74, 6) is -0.0668. The van der Waals surface area contributed by atoms with Gasteiger partial charge in [0.05, 0.1) is 13.2 Å². The van der Waals surface area contributed by atoms with Gasteiger partial charge in [-0.25, -0.2) is 4.79 Å². The highest BCUT2D eigenvalue weighted by molar-refractivity contribution is 5.87.